The number of hydrogen-bond acceptors (Lipinski definition) is 4. The fraction of sp³-hybridized carbons (Fsp3) is 0.0500. The Morgan fingerprint density at radius 1 is 0.432 bits per heavy atom. The third-order valence-electron chi connectivity index (χ3n) is 7.87. The average molecular weight is 565 g/mol. The van der Waals surface area contributed by atoms with Crippen LogP contribution in [0.2, 0.25) is 0 Å². The van der Waals surface area contributed by atoms with E-state index in [1.165, 1.54) is 11.1 Å². The van der Waals surface area contributed by atoms with E-state index < -0.39 is 0 Å². The van der Waals surface area contributed by atoms with Gasteiger partial charge in [0.05, 0.1) is 45.4 Å². The number of nitrogens with zero attached hydrogens (tertiary/aromatic N) is 4. The molecule has 0 radical (unpaired) electrons. The Hall–Kier alpha value is -5.92. The zero-order valence-corrected chi connectivity index (χ0v) is 24.5. The van der Waals surface area contributed by atoms with Crippen molar-refractivity contribution in [1.82, 2.24) is 15.0 Å². The molecule has 208 valence electrons. The molecule has 0 aliphatic heterocycles. The summed E-state index contributed by atoms with van der Waals surface area (Å²) in [6.45, 7) is 4.19. The first-order chi connectivity index (χ1) is 21.5. The van der Waals surface area contributed by atoms with Crippen molar-refractivity contribution in [3.63, 3.8) is 0 Å². The second-order valence-corrected chi connectivity index (χ2v) is 11.0. The van der Waals surface area contributed by atoms with Crippen LogP contribution in [-0.2, 0) is 0 Å². The van der Waals surface area contributed by atoms with Gasteiger partial charge in [0.2, 0.25) is 0 Å². The average Bonchev–Trinajstić information content (AvgIpc) is 3.08. The Kier molecular flexibility index (Phi) is 6.98. The van der Waals surface area contributed by atoms with Gasteiger partial charge in [0, 0.05) is 22.3 Å². The summed E-state index contributed by atoms with van der Waals surface area (Å²) in [5.74, 6) is 0. The second-order valence-electron chi connectivity index (χ2n) is 11.0. The molecule has 0 amide bonds. The van der Waals surface area contributed by atoms with Crippen LogP contribution in [0.1, 0.15) is 16.7 Å². The lowest BCUT2D eigenvalue weighted by Crippen LogP contribution is -1.96. The summed E-state index contributed by atoms with van der Waals surface area (Å²) < 4.78 is 0. The Labute approximate surface area is 257 Å². The normalized spacial score (nSPS) is 10.9. The van der Waals surface area contributed by atoms with Crippen molar-refractivity contribution in [2.24, 2.45) is 0 Å². The smallest absolute Gasteiger partial charge is 0.0991 e. The second kappa shape index (κ2) is 11.4. The van der Waals surface area contributed by atoms with E-state index in [0.29, 0.717) is 5.56 Å². The Morgan fingerprint density at radius 3 is 1.30 bits per heavy atom. The first kappa shape index (κ1) is 26.9. The number of aryl methyl sites for hydroxylation is 2. The van der Waals surface area contributed by atoms with Crippen LogP contribution >= 0.6 is 0 Å². The molecule has 4 heteroatoms. The lowest BCUT2D eigenvalue weighted by atomic mass is 9.97. The van der Waals surface area contributed by atoms with E-state index in [2.05, 4.69) is 105 Å². The Morgan fingerprint density at radius 2 is 0.841 bits per heavy atom. The van der Waals surface area contributed by atoms with E-state index in [0.717, 1.165) is 67.2 Å². The van der Waals surface area contributed by atoms with E-state index in [4.69, 9.17) is 15.0 Å². The quantitative estimate of drug-likeness (QED) is 0.209. The molecule has 7 rings (SSSR count). The fourth-order valence-electron chi connectivity index (χ4n) is 5.37. The number of aromatic nitrogens is 3. The maximum absolute atomic E-state index is 9.30. The highest BCUT2D eigenvalue weighted by Gasteiger charge is 2.15. The number of fused-ring (bicyclic) bond motifs is 1. The maximum Gasteiger partial charge on any atom is 0.0991 e. The standard InChI is InChI=1S/C40H28N4/c1-26-7-13-30(14-8-26)37-23-34(24-38(42-37)31-15-9-27(2)10-16-31)29-19-21-33(22-20-29)40-39(32-17-11-28(25-41)12-18-32)43-35-5-3-4-6-36(35)44-40/h3-24H,1-2H3. The predicted molar refractivity (Wildman–Crippen MR) is 179 cm³/mol. The molecule has 0 N–H and O–H groups in total. The molecule has 44 heavy (non-hydrogen) atoms. The summed E-state index contributed by atoms with van der Waals surface area (Å²) >= 11 is 0. The maximum atomic E-state index is 9.30. The minimum atomic E-state index is 0.612. The monoisotopic (exact) mass is 564 g/mol. The molecule has 4 nitrogen and oxygen atoms in total. The molecule has 2 heterocycles. The zero-order chi connectivity index (χ0) is 30.0. The molecule has 0 aliphatic carbocycles. The van der Waals surface area contributed by atoms with Gasteiger partial charge in [-0.1, -0.05) is 108 Å². The topological polar surface area (TPSA) is 62.5 Å². The van der Waals surface area contributed by atoms with Crippen LogP contribution < -0.4 is 0 Å². The van der Waals surface area contributed by atoms with Crippen LogP contribution in [0.4, 0.5) is 0 Å². The van der Waals surface area contributed by atoms with Crippen molar-refractivity contribution in [2.45, 2.75) is 13.8 Å². The van der Waals surface area contributed by atoms with Crippen LogP contribution in [0.25, 0.3) is 67.2 Å². The van der Waals surface area contributed by atoms with Crippen LogP contribution in [0.15, 0.2) is 133 Å². The largest absolute Gasteiger partial charge is 0.248 e. The van der Waals surface area contributed by atoms with Gasteiger partial charge in [-0.05, 0) is 61.4 Å². The molecule has 0 unspecified atom stereocenters. The fourth-order valence-corrected chi connectivity index (χ4v) is 5.37. The predicted octanol–water partition coefficient (Wildman–Crippen LogP) is 9.85. The van der Waals surface area contributed by atoms with E-state index in [9.17, 15) is 5.26 Å². The third-order valence-corrected chi connectivity index (χ3v) is 7.87. The van der Waals surface area contributed by atoms with Gasteiger partial charge in [0.15, 0.2) is 0 Å². The molecule has 0 bridgehead atoms. The Bertz CT molecular complexity index is 2090. The highest BCUT2D eigenvalue weighted by atomic mass is 14.8. The van der Waals surface area contributed by atoms with Crippen LogP contribution in [0.3, 0.4) is 0 Å². The van der Waals surface area contributed by atoms with Crippen molar-refractivity contribution in [3.05, 3.63) is 150 Å². The summed E-state index contributed by atoms with van der Waals surface area (Å²) in [4.78, 5) is 15.1. The first-order valence-electron chi connectivity index (χ1n) is 14.6. The highest BCUT2D eigenvalue weighted by molar-refractivity contribution is 5.87. The van der Waals surface area contributed by atoms with Gasteiger partial charge in [-0.15, -0.1) is 0 Å². The molecule has 0 aliphatic rings. The van der Waals surface area contributed by atoms with Crippen molar-refractivity contribution in [3.8, 4) is 62.2 Å². The van der Waals surface area contributed by atoms with Crippen molar-refractivity contribution >= 4 is 11.0 Å². The molecule has 0 saturated carbocycles. The SMILES string of the molecule is Cc1ccc(-c2cc(-c3ccc(-c4nc5ccccc5nc4-c4ccc(C#N)cc4)cc3)cc(-c3ccc(C)cc3)n2)cc1. The van der Waals surface area contributed by atoms with Gasteiger partial charge in [0.25, 0.3) is 0 Å². The first-order valence-corrected chi connectivity index (χ1v) is 14.6. The number of hydrogen-bond donors (Lipinski definition) is 0. The molecule has 0 saturated heterocycles. The molecular formula is C40H28N4. The summed E-state index contributed by atoms with van der Waals surface area (Å²) in [7, 11) is 0. The van der Waals surface area contributed by atoms with Gasteiger partial charge in [0.1, 0.15) is 0 Å². The minimum Gasteiger partial charge on any atom is -0.248 e. The van der Waals surface area contributed by atoms with Crippen molar-refractivity contribution < 1.29 is 0 Å². The number of benzene rings is 5. The zero-order valence-electron chi connectivity index (χ0n) is 24.5. The summed E-state index contributed by atoms with van der Waals surface area (Å²) in [6, 6.07) is 47.5. The molecule has 2 aromatic heterocycles. The van der Waals surface area contributed by atoms with Gasteiger partial charge >= 0.3 is 0 Å². The van der Waals surface area contributed by atoms with Gasteiger partial charge in [-0.3, -0.25) is 0 Å². The van der Waals surface area contributed by atoms with Crippen molar-refractivity contribution in [2.75, 3.05) is 0 Å². The lowest BCUT2D eigenvalue weighted by Gasteiger charge is -2.13. The molecule has 0 spiro atoms. The van der Waals surface area contributed by atoms with Crippen LogP contribution in [-0.4, -0.2) is 15.0 Å². The van der Waals surface area contributed by atoms with Crippen molar-refractivity contribution in [1.29, 1.82) is 5.26 Å². The Balaban J connectivity index is 1.33. The highest BCUT2D eigenvalue weighted by Crippen LogP contribution is 2.34. The van der Waals surface area contributed by atoms with Crippen LogP contribution in [0.5, 0.6) is 0 Å². The van der Waals surface area contributed by atoms with E-state index in [-0.39, 0.29) is 0 Å². The molecule has 0 atom stereocenters. The molecule has 0 fully saturated rings. The van der Waals surface area contributed by atoms with Crippen LogP contribution in [0, 0.1) is 25.2 Å². The van der Waals surface area contributed by atoms with E-state index >= 15 is 0 Å². The third kappa shape index (κ3) is 5.35. The van der Waals surface area contributed by atoms with Gasteiger partial charge in [-0.25, -0.2) is 15.0 Å². The van der Waals surface area contributed by atoms with E-state index in [1.807, 2.05) is 48.5 Å². The molecule has 7 aromatic rings. The molecular weight excluding hydrogens is 536 g/mol. The number of pyridine rings is 1. The number of rotatable bonds is 5. The van der Waals surface area contributed by atoms with Gasteiger partial charge in [-0.2, -0.15) is 5.26 Å². The summed E-state index contributed by atoms with van der Waals surface area (Å²) in [6.07, 6.45) is 0. The number of nitriles is 1. The molecule has 5 aromatic carbocycles. The summed E-state index contributed by atoms with van der Waals surface area (Å²) in [5, 5.41) is 9.30. The van der Waals surface area contributed by atoms with Gasteiger partial charge < -0.3 is 0 Å². The number of para-hydroxylation sites is 2. The lowest BCUT2D eigenvalue weighted by molar-refractivity contribution is 1.29. The minimum absolute atomic E-state index is 0.612. The van der Waals surface area contributed by atoms with E-state index in [1.54, 1.807) is 0 Å². The summed E-state index contributed by atoms with van der Waals surface area (Å²) in [5.41, 5.74) is 14.4.